The van der Waals surface area contributed by atoms with E-state index in [1.165, 1.54) is 31.2 Å². The van der Waals surface area contributed by atoms with E-state index in [1.807, 2.05) is 0 Å². The number of rotatable bonds is 1. The van der Waals surface area contributed by atoms with Gasteiger partial charge in [0, 0.05) is 0 Å². The van der Waals surface area contributed by atoms with Gasteiger partial charge in [0.15, 0.2) is 0 Å². The minimum Gasteiger partial charge on any atom is -0.0801 e. The van der Waals surface area contributed by atoms with Crippen molar-refractivity contribution >= 4 is 0 Å². The lowest BCUT2D eigenvalue weighted by molar-refractivity contribution is 0.513. The second-order valence-electron chi connectivity index (χ2n) is 5.31. The molecule has 1 fully saturated rings. The fourth-order valence-electron chi connectivity index (χ4n) is 3.12. The minimum absolute atomic E-state index is 0.777. The van der Waals surface area contributed by atoms with Crippen molar-refractivity contribution in [3.63, 3.8) is 0 Å². The van der Waals surface area contributed by atoms with Crippen molar-refractivity contribution in [3.05, 3.63) is 71.3 Å². The summed E-state index contributed by atoms with van der Waals surface area (Å²) in [6.07, 6.45) is 15.3. The summed E-state index contributed by atoms with van der Waals surface area (Å²) in [5, 5.41) is 0. The van der Waals surface area contributed by atoms with Crippen molar-refractivity contribution in [2.24, 2.45) is 0 Å². The molecule has 0 aliphatic heterocycles. The topological polar surface area (TPSA) is 0 Å². The lowest BCUT2D eigenvalue weighted by atomic mass is 9.79. The van der Waals surface area contributed by atoms with Gasteiger partial charge in [-0.15, -0.1) is 0 Å². The zero-order chi connectivity index (χ0) is 12.2. The van der Waals surface area contributed by atoms with Crippen molar-refractivity contribution in [2.45, 2.75) is 38.0 Å². The first-order valence-electron chi connectivity index (χ1n) is 7.02. The monoisotopic (exact) mass is 236 g/mol. The van der Waals surface area contributed by atoms with E-state index < -0.39 is 0 Å². The summed E-state index contributed by atoms with van der Waals surface area (Å²) in [4.78, 5) is 0. The van der Waals surface area contributed by atoms with E-state index in [0.29, 0.717) is 0 Å². The highest BCUT2D eigenvalue weighted by Crippen LogP contribution is 2.37. The molecule has 18 heavy (non-hydrogen) atoms. The lowest BCUT2D eigenvalue weighted by Gasteiger charge is -2.26. The Labute approximate surface area is 110 Å². The molecule has 0 heterocycles. The fourth-order valence-corrected chi connectivity index (χ4v) is 3.12. The van der Waals surface area contributed by atoms with Crippen LogP contribution in [0.2, 0.25) is 0 Å². The third-order valence-corrected chi connectivity index (χ3v) is 4.20. The molecule has 1 saturated carbocycles. The van der Waals surface area contributed by atoms with Crippen LogP contribution in [0, 0.1) is 0 Å². The molecular formula is C18H20. The van der Waals surface area contributed by atoms with Gasteiger partial charge in [0.2, 0.25) is 0 Å². The molecule has 0 nitrogen and oxygen atoms in total. The van der Waals surface area contributed by atoms with Crippen LogP contribution in [0.4, 0.5) is 0 Å². The van der Waals surface area contributed by atoms with E-state index in [-0.39, 0.29) is 0 Å². The first-order valence-corrected chi connectivity index (χ1v) is 7.02. The first-order chi connectivity index (χ1) is 8.93. The summed E-state index contributed by atoms with van der Waals surface area (Å²) in [6.45, 7) is 0. The maximum atomic E-state index is 2.30. The Bertz CT molecular complexity index is 478. The molecule has 0 saturated heterocycles. The molecule has 2 aliphatic rings. The van der Waals surface area contributed by atoms with E-state index in [0.717, 1.165) is 12.3 Å². The second-order valence-corrected chi connectivity index (χ2v) is 5.31. The van der Waals surface area contributed by atoms with Crippen molar-refractivity contribution in [2.75, 3.05) is 0 Å². The van der Waals surface area contributed by atoms with Gasteiger partial charge in [0.25, 0.3) is 0 Å². The van der Waals surface area contributed by atoms with Gasteiger partial charge in [-0.05, 0) is 49.2 Å². The molecule has 0 unspecified atom stereocenters. The van der Waals surface area contributed by atoms with Crippen molar-refractivity contribution in [3.8, 4) is 0 Å². The Kier molecular flexibility index (Phi) is 3.45. The smallest absolute Gasteiger partial charge is 0.00948 e. The standard InChI is InChI=1S/C18H20/c1-3-7-15(8-4-1)17-11-13-18(14-12-17)16-9-5-2-6-10-16/h1-9,17H,10-14H2. The Morgan fingerprint density at radius 2 is 1.67 bits per heavy atom. The summed E-state index contributed by atoms with van der Waals surface area (Å²) in [5.74, 6) is 0.777. The van der Waals surface area contributed by atoms with Crippen LogP contribution >= 0.6 is 0 Å². The molecule has 2 aliphatic carbocycles. The summed E-state index contributed by atoms with van der Waals surface area (Å²) >= 11 is 0. The van der Waals surface area contributed by atoms with Crippen LogP contribution in [0.25, 0.3) is 0 Å². The zero-order valence-electron chi connectivity index (χ0n) is 10.8. The molecule has 92 valence electrons. The van der Waals surface area contributed by atoms with Crippen molar-refractivity contribution < 1.29 is 0 Å². The van der Waals surface area contributed by atoms with Crippen molar-refractivity contribution in [1.82, 2.24) is 0 Å². The summed E-state index contributed by atoms with van der Waals surface area (Å²) in [5.41, 5.74) is 4.80. The van der Waals surface area contributed by atoms with Crippen LogP contribution in [-0.2, 0) is 0 Å². The van der Waals surface area contributed by atoms with Crippen molar-refractivity contribution in [1.29, 1.82) is 0 Å². The summed E-state index contributed by atoms with van der Waals surface area (Å²) < 4.78 is 0. The number of benzene rings is 1. The van der Waals surface area contributed by atoms with Crippen LogP contribution in [0.1, 0.15) is 43.6 Å². The highest BCUT2D eigenvalue weighted by molar-refractivity contribution is 5.35. The minimum atomic E-state index is 0.777. The lowest BCUT2D eigenvalue weighted by Crippen LogP contribution is -2.08. The molecule has 0 atom stereocenters. The number of allylic oxidation sites excluding steroid dienone is 6. The maximum Gasteiger partial charge on any atom is -0.00948 e. The fraction of sp³-hybridized carbons (Fsp3) is 0.333. The number of hydrogen-bond donors (Lipinski definition) is 0. The van der Waals surface area contributed by atoms with E-state index in [2.05, 4.69) is 54.6 Å². The van der Waals surface area contributed by atoms with Gasteiger partial charge in [-0.25, -0.2) is 0 Å². The van der Waals surface area contributed by atoms with Gasteiger partial charge in [0.05, 0.1) is 0 Å². The van der Waals surface area contributed by atoms with E-state index in [9.17, 15) is 0 Å². The normalized spacial score (nSPS) is 23.4. The molecule has 3 rings (SSSR count). The van der Waals surface area contributed by atoms with Gasteiger partial charge in [-0.2, -0.15) is 0 Å². The van der Waals surface area contributed by atoms with Crippen LogP contribution in [0.15, 0.2) is 65.8 Å². The molecule has 0 amide bonds. The molecule has 1 aromatic rings. The molecule has 0 bridgehead atoms. The zero-order valence-corrected chi connectivity index (χ0v) is 10.8. The number of hydrogen-bond acceptors (Lipinski definition) is 0. The summed E-state index contributed by atoms with van der Waals surface area (Å²) in [6, 6.07) is 11.0. The molecule has 0 radical (unpaired) electrons. The van der Waals surface area contributed by atoms with Crippen LogP contribution in [0.5, 0.6) is 0 Å². The Morgan fingerprint density at radius 1 is 0.889 bits per heavy atom. The van der Waals surface area contributed by atoms with Crippen LogP contribution in [0.3, 0.4) is 0 Å². The van der Waals surface area contributed by atoms with E-state index in [4.69, 9.17) is 0 Å². The Morgan fingerprint density at radius 3 is 2.33 bits per heavy atom. The maximum absolute atomic E-state index is 2.30. The molecule has 0 heteroatoms. The largest absolute Gasteiger partial charge is 0.0801 e. The second kappa shape index (κ2) is 5.39. The van der Waals surface area contributed by atoms with Gasteiger partial charge >= 0.3 is 0 Å². The van der Waals surface area contributed by atoms with Gasteiger partial charge in [-0.1, -0.05) is 60.2 Å². The Balaban J connectivity index is 1.68. The molecule has 1 aromatic carbocycles. The molecule has 0 N–H and O–H groups in total. The van der Waals surface area contributed by atoms with Gasteiger partial charge in [-0.3, -0.25) is 0 Å². The predicted octanol–water partition coefficient (Wildman–Crippen LogP) is 5.16. The molecular weight excluding hydrogens is 216 g/mol. The van der Waals surface area contributed by atoms with Gasteiger partial charge < -0.3 is 0 Å². The SMILES string of the molecule is C1=CCC(=C2CCC(c3ccccc3)CC2)C=C1. The third-order valence-electron chi connectivity index (χ3n) is 4.20. The van der Waals surface area contributed by atoms with E-state index >= 15 is 0 Å². The average molecular weight is 236 g/mol. The summed E-state index contributed by atoms with van der Waals surface area (Å²) in [7, 11) is 0. The molecule has 0 aromatic heterocycles. The predicted molar refractivity (Wildman–Crippen MR) is 77.6 cm³/mol. The van der Waals surface area contributed by atoms with E-state index in [1.54, 1.807) is 11.1 Å². The molecule has 0 spiro atoms. The Hall–Kier alpha value is -1.56. The van der Waals surface area contributed by atoms with Gasteiger partial charge in [0.1, 0.15) is 0 Å². The highest BCUT2D eigenvalue weighted by atomic mass is 14.2. The first kappa shape index (κ1) is 11.5. The average Bonchev–Trinajstić information content (AvgIpc) is 2.49. The van der Waals surface area contributed by atoms with Crippen LogP contribution in [-0.4, -0.2) is 0 Å². The van der Waals surface area contributed by atoms with Crippen LogP contribution < -0.4 is 0 Å². The highest BCUT2D eigenvalue weighted by Gasteiger charge is 2.19. The third kappa shape index (κ3) is 2.48. The quantitative estimate of drug-likeness (QED) is 0.632.